The van der Waals surface area contributed by atoms with Crippen molar-refractivity contribution in [3.63, 3.8) is 0 Å². The van der Waals surface area contributed by atoms with Crippen molar-refractivity contribution >= 4 is 17.3 Å². The molecule has 2 aromatic heterocycles. The van der Waals surface area contributed by atoms with Crippen molar-refractivity contribution in [2.45, 2.75) is 6.54 Å². The van der Waals surface area contributed by atoms with Crippen LogP contribution < -0.4 is 16.0 Å². The first-order valence-electron chi connectivity index (χ1n) is 10.0. The zero-order valence-electron chi connectivity index (χ0n) is 17.2. The molecule has 1 saturated heterocycles. The third kappa shape index (κ3) is 4.22. The second-order valence-electron chi connectivity index (χ2n) is 7.43. The standard InChI is InChI=1S/C22H24F2N6O/c1-26-22(31)17-6-7-18(21(24)28-17)30-11-9-29(10-12-30)13-14-4-5-15(20(25)19(14)23)16-3-2-8-27-16/h2-8,27H,9-13,25H2,1H3,(H,26,31). The average Bonchev–Trinajstić information content (AvgIpc) is 3.32. The minimum absolute atomic E-state index is 0.0400. The van der Waals surface area contributed by atoms with Crippen LogP contribution in [0.4, 0.5) is 20.2 Å². The number of nitrogens with one attached hydrogen (secondary N) is 2. The van der Waals surface area contributed by atoms with Gasteiger partial charge in [0.05, 0.1) is 11.4 Å². The first-order valence-corrected chi connectivity index (χ1v) is 10.0. The fourth-order valence-electron chi connectivity index (χ4n) is 3.80. The number of pyridine rings is 1. The molecule has 4 N–H and O–H groups in total. The molecule has 0 unspecified atom stereocenters. The van der Waals surface area contributed by atoms with Crippen molar-refractivity contribution in [3.8, 4) is 11.3 Å². The smallest absolute Gasteiger partial charge is 0.269 e. The van der Waals surface area contributed by atoms with Gasteiger partial charge in [-0.25, -0.2) is 9.37 Å². The van der Waals surface area contributed by atoms with Gasteiger partial charge in [0.25, 0.3) is 5.91 Å². The van der Waals surface area contributed by atoms with Crippen molar-refractivity contribution in [2.24, 2.45) is 0 Å². The molecule has 0 bridgehead atoms. The van der Waals surface area contributed by atoms with Gasteiger partial charge in [-0.05, 0) is 24.3 Å². The van der Waals surface area contributed by atoms with E-state index in [-0.39, 0.29) is 11.4 Å². The molecule has 0 radical (unpaired) electrons. The van der Waals surface area contributed by atoms with Crippen molar-refractivity contribution in [1.82, 2.24) is 20.2 Å². The second kappa shape index (κ2) is 8.73. The summed E-state index contributed by atoms with van der Waals surface area (Å²) in [4.78, 5) is 22.4. The number of hydrogen-bond donors (Lipinski definition) is 3. The molecule has 9 heteroatoms. The quantitative estimate of drug-likeness (QED) is 0.431. The highest BCUT2D eigenvalue weighted by Crippen LogP contribution is 2.29. The minimum Gasteiger partial charge on any atom is -0.396 e. The molecule has 0 saturated carbocycles. The largest absolute Gasteiger partial charge is 0.396 e. The highest BCUT2D eigenvalue weighted by Gasteiger charge is 2.22. The van der Waals surface area contributed by atoms with Gasteiger partial charge in [0, 0.05) is 62.8 Å². The number of aromatic amines is 1. The lowest BCUT2D eigenvalue weighted by Crippen LogP contribution is -2.46. The maximum absolute atomic E-state index is 14.9. The van der Waals surface area contributed by atoms with Crippen LogP contribution in [0.2, 0.25) is 0 Å². The summed E-state index contributed by atoms with van der Waals surface area (Å²) in [7, 11) is 1.47. The number of aromatic nitrogens is 2. The molecule has 1 aliphatic heterocycles. The van der Waals surface area contributed by atoms with E-state index in [1.54, 1.807) is 18.3 Å². The number of benzene rings is 1. The summed E-state index contributed by atoms with van der Waals surface area (Å²) in [5.74, 6) is -1.51. The number of piperazine rings is 1. The third-order valence-electron chi connectivity index (χ3n) is 5.54. The predicted molar refractivity (Wildman–Crippen MR) is 116 cm³/mol. The van der Waals surface area contributed by atoms with Gasteiger partial charge in [-0.1, -0.05) is 12.1 Å². The molecule has 3 aromatic rings. The normalized spacial score (nSPS) is 14.6. The fourth-order valence-corrected chi connectivity index (χ4v) is 3.80. The number of nitrogens with zero attached hydrogens (tertiary/aromatic N) is 3. The minimum atomic E-state index is -0.673. The van der Waals surface area contributed by atoms with Crippen LogP contribution in [0, 0.1) is 11.8 Å². The van der Waals surface area contributed by atoms with E-state index in [0.29, 0.717) is 49.5 Å². The summed E-state index contributed by atoms with van der Waals surface area (Å²) >= 11 is 0. The molecular formula is C22H24F2N6O. The van der Waals surface area contributed by atoms with Gasteiger partial charge in [-0.3, -0.25) is 9.69 Å². The predicted octanol–water partition coefficient (Wildman–Crippen LogP) is 2.62. The van der Waals surface area contributed by atoms with Crippen LogP contribution in [0.5, 0.6) is 0 Å². The molecule has 1 aliphatic rings. The molecule has 0 spiro atoms. The summed E-state index contributed by atoms with van der Waals surface area (Å²) in [6.07, 6.45) is 1.77. The van der Waals surface area contributed by atoms with Crippen LogP contribution in [0.15, 0.2) is 42.6 Å². The van der Waals surface area contributed by atoms with E-state index in [1.807, 2.05) is 23.1 Å². The van der Waals surface area contributed by atoms with Crippen LogP contribution in [0.3, 0.4) is 0 Å². The van der Waals surface area contributed by atoms with Gasteiger partial charge in [-0.2, -0.15) is 4.39 Å². The number of nitrogen functional groups attached to an aromatic ring is 1. The van der Waals surface area contributed by atoms with E-state index in [0.717, 1.165) is 5.69 Å². The Hall–Kier alpha value is -3.46. The lowest BCUT2D eigenvalue weighted by molar-refractivity contribution is 0.0957. The Morgan fingerprint density at radius 1 is 1.16 bits per heavy atom. The molecule has 31 heavy (non-hydrogen) atoms. The van der Waals surface area contributed by atoms with E-state index < -0.39 is 17.7 Å². The van der Waals surface area contributed by atoms with Crippen LogP contribution in [0.25, 0.3) is 11.3 Å². The Kier molecular flexibility index (Phi) is 5.85. The number of hydrogen-bond acceptors (Lipinski definition) is 5. The average molecular weight is 426 g/mol. The molecule has 0 aliphatic carbocycles. The monoisotopic (exact) mass is 426 g/mol. The molecular weight excluding hydrogens is 402 g/mol. The second-order valence-corrected chi connectivity index (χ2v) is 7.43. The third-order valence-corrected chi connectivity index (χ3v) is 5.54. The zero-order valence-corrected chi connectivity index (χ0v) is 17.2. The van der Waals surface area contributed by atoms with Gasteiger partial charge >= 0.3 is 0 Å². The Morgan fingerprint density at radius 2 is 1.94 bits per heavy atom. The van der Waals surface area contributed by atoms with E-state index >= 15 is 0 Å². The summed E-state index contributed by atoms with van der Waals surface area (Å²) < 4.78 is 29.3. The van der Waals surface area contributed by atoms with Crippen LogP contribution in [0.1, 0.15) is 16.1 Å². The molecule has 7 nitrogen and oxygen atoms in total. The summed E-state index contributed by atoms with van der Waals surface area (Å²) in [6, 6.07) is 10.3. The van der Waals surface area contributed by atoms with Gasteiger partial charge in [0.2, 0.25) is 5.95 Å². The number of amides is 1. The number of H-pyrrole nitrogens is 1. The van der Waals surface area contributed by atoms with Crippen molar-refractivity contribution in [2.75, 3.05) is 43.9 Å². The number of anilines is 2. The number of nitrogens with two attached hydrogens (primary N) is 1. The Labute approximate surface area is 178 Å². The van der Waals surface area contributed by atoms with Crippen molar-refractivity contribution in [3.05, 3.63) is 65.6 Å². The summed E-state index contributed by atoms with van der Waals surface area (Å²) in [5, 5.41) is 2.43. The lowest BCUT2D eigenvalue weighted by Gasteiger charge is -2.36. The lowest BCUT2D eigenvalue weighted by atomic mass is 10.0. The topological polar surface area (TPSA) is 90.3 Å². The van der Waals surface area contributed by atoms with Gasteiger partial charge in [0.15, 0.2) is 5.82 Å². The fraction of sp³-hybridized carbons (Fsp3) is 0.273. The first kappa shape index (κ1) is 20.8. The Bertz CT molecular complexity index is 1080. The van der Waals surface area contributed by atoms with E-state index in [1.165, 1.54) is 13.1 Å². The molecule has 1 fully saturated rings. The number of carbonyl (C=O) groups excluding carboxylic acids is 1. The summed E-state index contributed by atoms with van der Waals surface area (Å²) in [6.45, 7) is 2.82. The van der Waals surface area contributed by atoms with Gasteiger partial charge in [0.1, 0.15) is 5.69 Å². The van der Waals surface area contributed by atoms with Gasteiger partial charge < -0.3 is 20.9 Å². The molecule has 1 amide bonds. The maximum atomic E-state index is 14.9. The van der Waals surface area contributed by atoms with Gasteiger partial charge in [-0.15, -0.1) is 0 Å². The molecule has 0 atom stereocenters. The number of rotatable bonds is 5. The molecule has 3 heterocycles. The van der Waals surface area contributed by atoms with Crippen LogP contribution >= 0.6 is 0 Å². The first-order chi connectivity index (χ1) is 15.0. The van der Waals surface area contributed by atoms with E-state index in [2.05, 4.69) is 20.2 Å². The van der Waals surface area contributed by atoms with E-state index in [9.17, 15) is 13.6 Å². The zero-order chi connectivity index (χ0) is 22.0. The highest BCUT2D eigenvalue weighted by molar-refractivity contribution is 5.92. The van der Waals surface area contributed by atoms with Crippen LogP contribution in [-0.4, -0.2) is 54.0 Å². The highest BCUT2D eigenvalue weighted by atomic mass is 19.1. The van der Waals surface area contributed by atoms with Crippen LogP contribution in [-0.2, 0) is 6.54 Å². The number of carbonyl (C=O) groups is 1. The Balaban J connectivity index is 1.41. The van der Waals surface area contributed by atoms with Crippen molar-refractivity contribution in [1.29, 1.82) is 0 Å². The van der Waals surface area contributed by atoms with Crippen molar-refractivity contribution < 1.29 is 13.6 Å². The van der Waals surface area contributed by atoms with E-state index in [4.69, 9.17) is 5.73 Å². The molecule has 162 valence electrons. The molecule has 1 aromatic carbocycles. The summed E-state index contributed by atoms with van der Waals surface area (Å²) in [5.41, 5.74) is 8.51. The Morgan fingerprint density at radius 3 is 2.58 bits per heavy atom. The number of halogens is 2. The molecule has 4 rings (SSSR count). The maximum Gasteiger partial charge on any atom is 0.269 e. The SMILES string of the molecule is CNC(=O)c1ccc(N2CCN(Cc3ccc(-c4ccc[nH]4)c(N)c3F)CC2)c(F)n1.